The maximum atomic E-state index is 12.7. The van der Waals surface area contributed by atoms with Gasteiger partial charge in [-0.05, 0) is 37.8 Å². The van der Waals surface area contributed by atoms with Crippen molar-refractivity contribution in [1.82, 2.24) is 9.38 Å². The molecule has 0 aliphatic heterocycles. The first kappa shape index (κ1) is 17.8. The van der Waals surface area contributed by atoms with Gasteiger partial charge in [-0.3, -0.25) is 14.1 Å². The number of fused-ring (bicyclic) bond motifs is 1. The Balaban J connectivity index is 1.79. The highest BCUT2D eigenvalue weighted by Crippen LogP contribution is 2.30. The fourth-order valence-electron chi connectivity index (χ4n) is 3.78. The summed E-state index contributed by atoms with van der Waals surface area (Å²) in [6, 6.07) is 3.88. The summed E-state index contributed by atoms with van der Waals surface area (Å²) in [4.78, 5) is 19.1. The van der Waals surface area contributed by atoms with Crippen LogP contribution in [0, 0.1) is 12.8 Å². The van der Waals surface area contributed by atoms with E-state index < -0.39 is 0 Å². The predicted octanol–water partition coefficient (Wildman–Crippen LogP) is 4.36. The number of ether oxygens (including phenoxy) is 1. The molecule has 1 aliphatic rings. The molecule has 0 N–H and O–H groups in total. The summed E-state index contributed by atoms with van der Waals surface area (Å²) in [5.41, 5.74) is 1.63. The number of aryl methyl sites for hydroxylation is 1. The van der Waals surface area contributed by atoms with E-state index in [-0.39, 0.29) is 5.91 Å². The van der Waals surface area contributed by atoms with E-state index in [1.807, 2.05) is 36.7 Å². The van der Waals surface area contributed by atoms with Gasteiger partial charge < -0.3 is 4.74 Å². The van der Waals surface area contributed by atoms with Crippen molar-refractivity contribution in [2.45, 2.75) is 58.8 Å². The summed E-state index contributed by atoms with van der Waals surface area (Å²) in [5, 5.41) is 0. The fraction of sp³-hybridized carbons (Fsp3) is 0.600. The summed E-state index contributed by atoms with van der Waals surface area (Å²) >= 11 is 0. The summed E-state index contributed by atoms with van der Waals surface area (Å²) in [6.07, 6.45) is 9.72. The van der Waals surface area contributed by atoms with Crippen LogP contribution in [-0.4, -0.2) is 28.9 Å². The molecule has 1 fully saturated rings. The summed E-state index contributed by atoms with van der Waals surface area (Å²) in [7, 11) is 1.85. The Hall–Kier alpha value is -2.04. The molecule has 1 amide bonds. The van der Waals surface area contributed by atoms with Crippen LogP contribution in [0.1, 0.15) is 57.6 Å². The monoisotopic (exact) mass is 343 g/mol. The zero-order chi connectivity index (χ0) is 17.8. The van der Waals surface area contributed by atoms with Gasteiger partial charge in [-0.1, -0.05) is 32.6 Å². The molecule has 2 heterocycles. The summed E-state index contributed by atoms with van der Waals surface area (Å²) in [6.45, 7) is 4.70. The average molecular weight is 343 g/mol. The van der Waals surface area contributed by atoms with E-state index in [0.29, 0.717) is 13.0 Å². The van der Waals surface area contributed by atoms with Crippen LogP contribution in [0.2, 0.25) is 0 Å². The van der Waals surface area contributed by atoms with Crippen molar-refractivity contribution in [3.05, 3.63) is 24.0 Å². The Morgan fingerprint density at radius 1 is 1.40 bits per heavy atom. The molecule has 3 rings (SSSR count). The lowest BCUT2D eigenvalue weighted by molar-refractivity contribution is -0.118. The Bertz CT molecular complexity index is 732. The Kier molecular flexibility index (Phi) is 5.61. The Morgan fingerprint density at radius 3 is 2.88 bits per heavy atom. The number of aromatic nitrogens is 2. The van der Waals surface area contributed by atoms with Gasteiger partial charge in [-0.15, -0.1) is 0 Å². The second-order valence-electron chi connectivity index (χ2n) is 7.08. The number of rotatable bonds is 7. The van der Waals surface area contributed by atoms with Gasteiger partial charge in [0.25, 0.3) is 0 Å². The van der Waals surface area contributed by atoms with Crippen LogP contribution in [0.4, 0.5) is 5.82 Å². The van der Waals surface area contributed by atoms with Crippen molar-refractivity contribution in [2.75, 3.05) is 18.6 Å². The molecule has 0 radical (unpaired) electrons. The lowest BCUT2D eigenvalue weighted by atomic mass is 10.0. The highest BCUT2D eigenvalue weighted by Gasteiger charge is 2.22. The molecule has 136 valence electrons. The maximum absolute atomic E-state index is 12.7. The molecule has 0 spiro atoms. The van der Waals surface area contributed by atoms with E-state index in [2.05, 4.69) is 11.9 Å². The smallest absolute Gasteiger partial charge is 0.227 e. The number of imidazole rings is 1. The highest BCUT2D eigenvalue weighted by molar-refractivity contribution is 5.93. The molecular formula is C20H29N3O2. The third-order valence-electron chi connectivity index (χ3n) is 5.15. The Labute approximate surface area is 150 Å². The topological polar surface area (TPSA) is 46.8 Å². The zero-order valence-corrected chi connectivity index (χ0v) is 15.6. The van der Waals surface area contributed by atoms with Crippen molar-refractivity contribution in [3.63, 3.8) is 0 Å². The molecule has 0 atom stereocenters. The van der Waals surface area contributed by atoms with Gasteiger partial charge in [-0.2, -0.15) is 0 Å². The van der Waals surface area contributed by atoms with E-state index in [0.717, 1.165) is 41.7 Å². The first-order valence-corrected chi connectivity index (χ1v) is 9.48. The number of amides is 1. The number of anilines is 1. The second-order valence-corrected chi connectivity index (χ2v) is 7.08. The van der Waals surface area contributed by atoms with Gasteiger partial charge in [0.2, 0.25) is 5.91 Å². The first-order chi connectivity index (χ1) is 12.1. The van der Waals surface area contributed by atoms with Crippen molar-refractivity contribution in [3.8, 4) is 5.75 Å². The minimum atomic E-state index is 0.164. The largest absolute Gasteiger partial charge is 0.490 e. The van der Waals surface area contributed by atoms with Gasteiger partial charge >= 0.3 is 0 Å². The molecule has 0 bridgehead atoms. The third kappa shape index (κ3) is 3.80. The molecule has 5 nitrogen and oxygen atoms in total. The van der Waals surface area contributed by atoms with Gasteiger partial charge in [0.15, 0.2) is 11.4 Å². The normalized spacial score (nSPS) is 15.0. The molecule has 5 heteroatoms. The van der Waals surface area contributed by atoms with Crippen molar-refractivity contribution in [1.29, 1.82) is 0 Å². The molecular weight excluding hydrogens is 314 g/mol. The van der Waals surface area contributed by atoms with E-state index >= 15 is 0 Å². The first-order valence-electron chi connectivity index (χ1n) is 9.48. The number of hydrogen-bond donors (Lipinski definition) is 0. The number of carbonyl (C=O) groups excluding carboxylic acids is 1. The van der Waals surface area contributed by atoms with Crippen LogP contribution in [0.15, 0.2) is 18.3 Å². The Morgan fingerprint density at radius 2 is 2.16 bits per heavy atom. The molecule has 2 aromatic heterocycles. The molecule has 0 unspecified atom stereocenters. The minimum Gasteiger partial charge on any atom is -0.490 e. The molecule has 0 saturated heterocycles. The molecule has 0 aromatic carbocycles. The second kappa shape index (κ2) is 7.89. The number of nitrogens with zero attached hydrogens (tertiary/aromatic N) is 3. The standard InChI is InChI=1S/C20H29N3O2/c1-4-14-25-17-10-7-13-23-19(17)21-15(2)20(23)22(3)18(24)12-11-16-8-5-6-9-16/h7,10,13,16H,4-6,8-9,11-12,14H2,1-3H3. The lowest BCUT2D eigenvalue weighted by Crippen LogP contribution is -2.28. The number of carbonyl (C=O) groups is 1. The third-order valence-corrected chi connectivity index (χ3v) is 5.15. The summed E-state index contributed by atoms with van der Waals surface area (Å²) in [5.74, 6) is 2.50. The highest BCUT2D eigenvalue weighted by atomic mass is 16.5. The van der Waals surface area contributed by atoms with Crippen LogP contribution in [0.5, 0.6) is 5.75 Å². The average Bonchev–Trinajstić information content (AvgIpc) is 3.24. The van der Waals surface area contributed by atoms with Crippen LogP contribution >= 0.6 is 0 Å². The van der Waals surface area contributed by atoms with E-state index in [9.17, 15) is 4.79 Å². The van der Waals surface area contributed by atoms with Gasteiger partial charge in [0.05, 0.1) is 12.3 Å². The van der Waals surface area contributed by atoms with E-state index in [4.69, 9.17) is 4.74 Å². The lowest BCUT2D eigenvalue weighted by Gasteiger charge is -2.19. The quantitative estimate of drug-likeness (QED) is 0.750. The molecule has 2 aromatic rings. The van der Waals surface area contributed by atoms with Crippen molar-refractivity contribution < 1.29 is 9.53 Å². The van der Waals surface area contributed by atoms with Crippen LogP contribution in [0.3, 0.4) is 0 Å². The molecule has 25 heavy (non-hydrogen) atoms. The minimum absolute atomic E-state index is 0.164. The fourth-order valence-corrected chi connectivity index (χ4v) is 3.78. The SMILES string of the molecule is CCCOc1cccn2c(N(C)C(=O)CCC3CCCC3)c(C)nc12. The predicted molar refractivity (Wildman–Crippen MR) is 100 cm³/mol. The van der Waals surface area contributed by atoms with Gasteiger partial charge in [0, 0.05) is 19.7 Å². The number of hydrogen-bond acceptors (Lipinski definition) is 3. The summed E-state index contributed by atoms with van der Waals surface area (Å²) < 4.78 is 7.77. The van der Waals surface area contributed by atoms with Crippen molar-refractivity contribution >= 4 is 17.4 Å². The van der Waals surface area contributed by atoms with E-state index in [1.54, 1.807) is 4.90 Å². The maximum Gasteiger partial charge on any atom is 0.227 e. The van der Waals surface area contributed by atoms with Gasteiger partial charge in [0.1, 0.15) is 5.82 Å². The van der Waals surface area contributed by atoms with Crippen LogP contribution in [0.25, 0.3) is 5.65 Å². The molecule has 1 aliphatic carbocycles. The van der Waals surface area contributed by atoms with Gasteiger partial charge in [-0.25, -0.2) is 4.98 Å². The van der Waals surface area contributed by atoms with Crippen LogP contribution < -0.4 is 9.64 Å². The van der Waals surface area contributed by atoms with Crippen LogP contribution in [-0.2, 0) is 4.79 Å². The van der Waals surface area contributed by atoms with E-state index in [1.165, 1.54) is 25.7 Å². The zero-order valence-electron chi connectivity index (χ0n) is 15.6. The van der Waals surface area contributed by atoms with Crippen molar-refractivity contribution in [2.24, 2.45) is 5.92 Å². The molecule has 1 saturated carbocycles. The number of pyridine rings is 1.